The first-order valence-electron chi connectivity index (χ1n) is 11.5. The van der Waals surface area contributed by atoms with Gasteiger partial charge < -0.3 is 20.4 Å². The van der Waals surface area contributed by atoms with Crippen molar-refractivity contribution in [1.29, 1.82) is 0 Å². The van der Waals surface area contributed by atoms with Gasteiger partial charge in [-0.1, -0.05) is 44.2 Å². The highest BCUT2D eigenvalue weighted by Crippen LogP contribution is 2.21. The Kier molecular flexibility index (Phi) is 10.7. The van der Waals surface area contributed by atoms with Crippen LogP contribution in [0.2, 0.25) is 0 Å². The number of guanidine groups is 1. The van der Waals surface area contributed by atoms with Crippen LogP contribution in [-0.4, -0.2) is 73.4 Å². The zero-order chi connectivity index (χ0) is 22.2. The molecular formula is C24H38IN5O2. The van der Waals surface area contributed by atoms with E-state index in [2.05, 4.69) is 39.9 Å². The third-order valence-electron chi connectivity index (χ3n) is 6.30. The van der Waals surface area contributed by atoms with Gasteiger partial charge in [-0.2, -0.15) is 0 Å². The number of piperidine rings is 1. The highest BCUT2D eigenvalue weighted by atomic mass is 127. The molecule has 0 aliphatic carbocycles. The van der Waals surface area contributed by atoms with Crippen molar-refractivity contribution in [3.63, 3.8) is 0 Å². The molecule has 0 saturated carbocycles. The average molecular weight is 556 g/mol. The van der Waals surface area contributed by atoms with Gasteiger partial charge in [0.05, 0.1) is 6.54 Å². The van der Waals surface area contributed by atoms with E-state index in [1.54, 1.807) is 7.05 Å². The number of halogens is 1. The molecule has 8 heteroatoms. The fourth-order valence-corrected chi connectivity index (χ4v) is 4.44. The largest absolute Gasteiger partial charge is 0.352 e. The Morgan fingerprint density at radius 2 is 1.72 bits per heavy atom. The molecule has 2 amide bonds. The van der Waals surface area contributed by atoms with Gasteiger partial charge in [-0.05, 0) is 37.2 Å². The average Bonchev–Trinajstić information content (AvgIpc) is 3.25. The van der Waals surface area contributed by atoms with Crippen LogP contribution in [0.25, 0.3) is 0 Å². The van der Waals surface area contributed by atoms with Crippen molar-refractivity contribution in [3.05, 3.63) is 35.9 Å². The van der Waals surface area contributed by atoms with Gasteiger partial charge in [-0.3, -0.25) is 14.6 Å². The lowest BCUT2D eigenvalue weighted by atomic mass is 9.90. The summed E-state index contributed by atoms with van der Waals surface area (Å²) in [6.45, 7) is 7.19. The molecule has 1 atom stereocenters. The Labute approximate surface area is 209 Å². The summed E-state index contributed by atoms with van der Waals surface area (Å²) in [6, 6.07) is 10.8. The monoisotopic (exact) mass is 555 g/mol. The molecule has 2 N–H and O–H groups in total. The van der Waals surface area contributed by atoms with E-state index in [4.69, 9.17) is 0 Å². The second-order valence-electron chi connectivity index (χ2n) is 9.01. The quantitative estimate of drug-likeness (QED) is 0.322. The SMILES string of the molecule is CN=C(NCC(=O)N1CCC(Cc2ccccc2)CC1)NC1CCN(C(=O)C(C)C)C1.I. The van der Waals surface area contributed by atoms with E-state index in [1.165, 1.54) is 5.56 Å². The van der Waals surface area contributed by atoms with Crippen LogP contribution in [0.4, 0.5) is 0 Å². The van der Waals surface area contributed by atoms with Crippen LogP contribution < -0.4 is 10.6 Å². The maximum atomic E-state index is 12.7. The lowest BCUT2D eigenvalue weighted by molar-refractivity contribution is -0.133. The van der Waals surface area contributed by atoms with Crippen LogP contribution in [0.1, 0.15) is 38.7 Å². The molecule has 1 aromatic rings. The van der Waals surface area contributed by atoms with Gasteiger partial charge in [-0.15, -0.1) is 24.0 Å². The molecule has 178 valence electrons. The third kappa shape index (κ3) is 7.64. The van der Waals surface area contributed by atoms with E-state index in [9.17, 15) is 9.59 Å². The standard InChI is InChI=1S/C24H37N5O2.HI/c1-18(2)23(31)29-14-11-21(17-29)27-24(25-3)26-16-22(30)28-12-9-20(10-13-28)15-19-7-5-4-6-8-19;/h4-8,18,20-21H,9-17H2,1-3H3,(H2,25,26,27);1H. The van der Waals surface area contributed by atoms with Gasteiger partial charge in [0.1, 0.15) is 0 Å². The first-order valence-corrected chi connectivity index (χ1v) is 11.5. The van der Waals surface area contributed by atoms with Gasteiger partial charge in [-0.25, -0.2) is 0 Å². The number of carbonyl (C=O) groups excluding carboxylic acids is 2. The molecule has 2 aliphatic heterocycles. The van der Waals surface area contributed by atoms with Crippen molar-refractivity contribution < 1.29 is 9.59 Å². The van der Waals surface area contributed by atoms with E-state index < -0.39 is 0 Å². The summed E-state index contributed by atoms with van der Waals surface area (Å²) < 4.78 is 0. The predicted molar refractivity (Wildman–Crippen MR) is 139 cm³/mol. The Hall–Kier alpha value is -1.84. The number of benzene rings is 1. The zero-order valence-corrected chi connectivity index (χ0v) is 21.9. The van der Waals surface area contributed by atoms with E-state index in [0.717, 1.165) is 45.3 Å². The second kappa shape index (κ2) is 13.0. The maximum absolute atomic E-state index is 12.7. The lowest BCUT2D eigenvalue weighted by Gasteiger charge is -2.32. The van der Waals surface area contributed by atoms with Crippen LogP contribution in [0.5, 0.6) is 0 Å². The number of hydrogen-bond donors (Lipinski definition) is 2. The van der Waals surface area contributed by atoms with Crippen LogP contribution in [-0.2, 0) is 16.0 Å². The highest BCUT2D eigenvalue weighted by molar-refractivity contribution is 14.0. The van der Waals surface area contributed by atoms with E-state index >= 15 is 0 Å². The fraction of sp³-hybridized carbons (Fsp3) is 0.625. The van der Waals surface area contributed by atoms with Crippen LogP contribution in [0, 0.1) is 11.8 Å². The molecule has 0 radical (unpaired) electrons. The third-order valence-corrected chi connectivity index (χ3v) is 6.30. The minimum atomic E-state index is 0. The molecule has 1 aromatic carbocycles. The van der Waals surface area contributed by atoms with Crippen molar-refractivity contribution in [1.82, 2.24) is 20.4 Å². The summed E-state index contributed by atoms with van der Waals surface area (Å²) in [5.74, 6) is 1.59. The smallest absolute Gasteiger partial charge is 0.241 e. The van der Waals surface area contributed by atoms with Gasteiger partial charge in [0.15, 0.2) is 5.96 Å². The summed E-state index contributed by atoms with van der Waals surface area (Å²) in [5.41, 5.74) is 1.38. The number of hydrogen-bond acceptors (Lipinski definition) is 3. The molecule has 7 nitrogen and oxygen atoms in total. The molecule has 32 heavy (non-hydrogen) atoms. The number of carbonyl (C=O) groups is 2. The number of nitrogens with zero attached hydrogens (tertiary/aromatic N) is 3. The van der Waals surface area contributed by atoms with E-state index in [-0.39, 0.29) is 54.3 Å². The first kappa shape index (κ1) is 26.4. The number of nitrogens with one attached hydrogen (secondary N) is 2. The van der Waals surface area contributed by atoms with Crippen molar-refractivity contribution in [2.75, 3.05) is 39.8 Å². The molecule has 1 unspecified atom stereocenters. The molecule has 0 aromatic heterocycles. The molecule has 2 saturated heterocycles. The minimum Gasteiger partial charge on any atom is -0.352 e. The van der Waals surface area contributed by atoms with E-state index in [1.807, 2.05) is 29.7 Å². The van der Waals surface area contributed by atoms with Crippen LogP contribution in [0.3, 0.4) is 0 Å². The number of amides is 2. The van der Waals surface area contributed by atoms with Gasteiger partial charge in [0.25, 0.3) is 0 Å². The summed E-state index contributed by atoms with van der Waals surface area (Å²) >= 11 is 0. The highest BCUT2D eigenvalue weighted by Gasteiger charge is 2.28. The van der Waals surface area contributed by atoms with Crippen LogP contribution >= 0.6 is 24.0 Å². The van der Waals surface area contributed by atoms with Crippen molar-refractivity contribution in [2.24, 2.45) is 16.8 Å². The fourth-order valence-electron chi connectivity index (χ4n) is 4.44. The topological polar surface area (TPSA) is 77.0 Å². The lowest BCUT2D eigenvalue weighted by Crippen LogP contribution is -2.49. The normalized spacial score (nSPS) is 19.6. The summed E-state index contributed by atoms with van der Waals surface area (Å²) in [5, 5.41) is 6.51. The Morgan fingerprint density at radius 1 is 1.06 bits per heavy atom. The summed E-state index contributed by atoms with van der Waals surface area (Å²) in [6.07, 6.45) is 4.09. The van der Waals surface area contributed by atoms with Crippen molar-refractivity contribution in [2.45, 2.75) is 45.6 Å². The predicted octanol–water partition coefficient (Wildman–Crippen LogP) is 2.51. The molecule has 2 aliphatic rings. The minimum absolute atomic E-state index is 0. The molecule has 3 rings (SSSR count). The van der Waals surface area contributed by atoms with Crippen molar-refractivity contribution in [3.8, 4) is 0 Å². The Bertz CT molecular complexity index is 763. The van der Waals surface area contributed by atoms with E-state index in [0.29, 0.717) is 18.4 Å². The van der Waals surface area contributed by atoms with Gasteiger partial charge >= 0.3 is 0 Å². The molecule has 0 bridgehead atoms. The van der Waals surface area contributed by atoms with Gasteiger partial charge in [0, 0.05) is 45.2 Å². The number of likely N-dealkylation sites (tertiary alicyclic amines) is 2. The second-order valence-corrected chi connectivity index (χ2v) is 9.01. The molecular weight excluding hydrogens is 517 g/mol. The molecule has 2 heterocycles. The maximum Gasteiger partial charge on any atom is 0.241 e. The summed E-state index contributed by atoms with van der Waals surface area (Å²) in [7, 11) is 1.71. The van der Waals surface area contributed by atoms with Gasteiger partial charge in [0.2, 0.25) is 11.8 Å². The zero-order valence-electron chi connectivity index (χ0n) is 19.5. The molecule has 0 spiro atoms. The van der Waals surface area contributed by atoms with Crippen molar-refractivity contribution >= 4 is 41.8 Å². The Balaban J connectivity index is 0.00000363. The number of aliphatic imine (C=N–C) groups is 1. The summed E-state index contributed by atoms with van der Waals surface area (Å²) in [4.78, 5) is 32.9. The van der Waals surface area contributed by atoms with Crippen LogP contribution in [0.15, 0.2) is 35.3 Å². The first-order chi connectivity index (χ1) is 15.0. The molecule has 2 fully saturated rings. The Morgan fingerprint density at radius 3 is 2.34 bits per heavy atom. The number of rotatable bonds is 6.